The predicted molar refractivity (Wildman–Crippen MR) is 122 cm³/mol. The minimum Gasteiger partial charge on any atom is -0.494 e. The van der Waals surface area contributed by atoms with Crippen LogP contribution in [0.1, 0.15) is 53.6 Å². The molecule has 0 amide bonds. The first-order valence-electron chi connectivity index (χ1n) is 10.9. The molecule has 170 valence electrons. The number of aliphatic hydroxyl groups is 1. The van der Waals surface area contributed by atoms with E-state index in [2.05, 4.69) is 4.98 Å². The highest BCUT2D eigenvalue weighted by molar-refractivity contribution is 7.15. The molecule has 32 heavy (non-hydrogen) atoms. The number of nitrogens with two attached hydrogens (primary N) is 1. The summed E-state index contributed by atoms with van der Waals surface area (Å²) in [4.78, 5) is 29.5. The highest BCUT2D eigenvalue weighted by atomic mass is 32.1. The third kappa shape index (κ3) is 3.14. The van der Waals surface area contributed by atoms with Gasteiger partial charge in [-0.2, -0.15) is 0 Å². The lowest BCUT2D eigenvalue weighted by Crippen LogP contribution is -2.31. The molecule has 2 aliphatic rings. The quantitative estimate of drug-likeness (QED) is 0.543. The van der Waals surface area contributed by atoms with Crippen molar-refractivity contribution in [1.29, 1.82) is 0 Å². The molecule has 2 aliphatic carbocycles. The SMILES string of the molecule is COc1c(-c2cc3c(s2)CCCC3C(O)CN)c(F)c(C)c2c(=O)[nH]c(=O)n(C3CC3)c12. The predicted octanol–water partition coefficient (Wildman–Crippen LogP) is 2.95. The zero-order valence-electron chi connectivity index (χ0n) is 18.0. The number of aromatic nitrogens is 2. The van der Waals surface area contributed by atoms with Crippen molar-refractivity contribution in [2.75, 3.05) is 13.7 Å². The summed E-state index contributed by atoms with van der Waals surface area (Å²) in [5, 5.41) is 10.6. The number of aryl methyl sites for hydroxylation is 2. The van der Waals surface area contributed by atoms with Gasteiger partial charge in [0.2, 0.25) is 0 Å². The van der Waals surface area contributed by atoms with Crippen LogP contribution in [-0.4, -0.2) is 34.4 Å². The van der Waals surface area contributed by atoms with Crippen molar-refractivity contribution in [2.24, 2.45) is 5.73 Å². The zero-order chi connectivity index (χ0) is 22.7. The van der Waals surface area contributed by atoms with E-state index in [1.54, 1.807) is 11.5 Å². The van der Waals surface area contributed by atoms with Crippen LogP contribution in [0, 0.1) is 12.7 Å². The van der Waals surface area contributed by atoms with E-state index in [-0.39, 0.29) is 40.8 Å². The van der Waals surface area contributed by atoms with Gasteiger partial charge >= 0.3 is 5.69 Å². The van der Waals surface area contributed by atoms with Gasteiger partial charge in [0.15, 0.2) is 5.75 Å². The molecule has 1 aromatic carbocycles. The lowest BCUT2D eigenvalue weighted by Gasteiger charge is -2.26. The lowest BCUT2D eigenvalue weighted by molar-refractivity contribution is 0.142. The number of rotatable bonds is 5. The summed E-state index contributed by atoms with van der Waals surface area (Å²) in [6.45, 7) is 1.73. The van der Waals surface area contributed by atoms with Crippen LogP contribution >= 0.6 is 11.3 Å². The molecule has 0 bridgehead atoms. The molecule has 0 saturated heterocycles. The van der Waals surface area contributed by atoms with Gasteiger partial charge in [0.25, 0.3) is 5.56 Å². The second kappa shape index (κ2) is 7.83. The number of hydrogen-bond donors (Lipinski definition) is 3. The fourth-order valence-corrected chi connectivity index (χ4v) is 6.32. The number of ether oxygens (including phenoxy) is 1. The number of benzene rings is 1. The van der Waals surface area contributed by atoms with E-state index in [0.29, 0.717) is 10.4 Å². The standard InChI is InChI=1S/C23H26FN3O4S/c1-10-17-20(27(11-6-7-11)23(30)26-22(17)29)21(31-2)18(19(10)24)16-8-13-12(14(28)9-25)4-3-5-15(13)32-16/h8,11-12,14,28H,3-7,9,25H2,1-2H3,(H,26,29,30). The maximum Gasteiger partial charge on any atom is 0.329 e. The Morgan fingerprint density at radius 2 is 2.12 bits per heavy atom. The summed E-state index contributed by atoms with van der Waals surface area (Å²) in [5.41, 5.74) is 6.40. The van der Waals surface area contributed by atoms with Crippen LogP contribution < -0.4 is 21.7 Å². The molecule has 7 nitrogen and oxygen atoms in total. The molecule has 2 aromatic heterocycles. The van der Waals surface area contributed by atoms with Crippen LogP contribution in [0.5, 0.6) is 5.75 Å². The monoisotopic (exact) mass is 459 g/mol. The average molecular weight is 460 g/mol. The van der Waals surface area contributed by atoms with Crippen LogP contribution in [0.15, 0.2) is 15.7 Å². The molecule has 0 radical (unpaired) electrons. The minimum absolute atomic E-state index is 0.0333. The van der Waals surface area contributed by atoms with E-state index in [4.69, 9.17) is 10.5 Å². The van der Waals surface area contributed by atoms with Gasteiger partial charge in [0, 0.05) is 33.8 Å². The topological polar surface area (TPSA) is 110 Å². The number of halogens is 1. The number of fused-ring (bicyclic) bond motifs is 2. The summed E-state index contributed by atoms with van der Waals surface area (Å²) < 4.78 is 23.0. The number of hydrogen-bond acceptors (Lipinski definition) is 6. The maximum absolute atomic E-state index is 15.8. The largest absolute Gasteiger partial charge is 0.494 e. The lowest BCUT2D eigenvalue weighted by atomic mass is 9.83. The molecule has 1 saturated carbocycles. The van der Waals surface area contributed by atoms with Crippen LogP contribution in [0.4, 0.5) is 4.39 Å². The van der Waals surface area contributed by atoms with Gasteiger partial charge in [-0.3, -0.25) is 14.3 Å². The second-order valence-electron chi connectivity index (χ2n) is 8.72. The normalized spacial score (nSPS) is 19.2. The summed E-state index contributed by atoms with van der Waals surface area (Å²) in [6, 6.07) is 1.89. The molecule has 5 rings (SSSR count). The van der Waals surface area contributed by atoms with Gasteiger partial charge in [-0.1, -0.05) is 0 Å². The highest BCUT2D eigenvalue weighted by Gasteiger charge is 2.33. The molecule has 0 aliphatic heterocycles. The summed E-state index contributed by atoms with van der Waals surface area (Å²) in [6.07, 6.45) is 3.61. The fraction of sp³-hybridized carbons (Fsp3) is 0.478. The van der Waals surface area contributed by atoms with Crippen molar-refractivity contribution in [3.63, 3.8) is 0 Å². The molecule has 4 N–H and O–H groups in total. The molecule has 0 spiro atoms. The van der Waals surface area contributed by atoms with Gasteiger partial charge in [0.05, 0.1) is 24.2 Å². The highest BCUT2D eigenvalue weighted by Crippen LogP contribution is 2.48. The molecule has 2 heterocycles. The van der Waals surface area contributed by atoms with Crippen molar-refractivity contribution < 1.29 is 14.2 Å². The Morgan fingerprint density at radius 3 is 2.78 bits per heavy atom. The first-order valence-corrected chi connectivity index (χ1v) is 11.7. The molecule has 9 heteroatoms. The first-order chi connectivity index (χ1) is 15.4. The smallest absolute Gasteiger partial charge is 0.329 e. The number of aliphatic hydroxyl groups excluding tert-OH is 1. The third-order valence-electron chi connectivity index (χ3n) is 6.74. The van der Waals surface area contributed by atoms with E-state index in [1.165, 1.54) is 18.4 Å². The van der Waals surface area contributed by atoms with Gasteiger partial charge in [-0.15, -0.1) is 11.3 Å². The van der Waals surface area contributed by atoms with E-state index < -0.39 is 23.2 Å². The van der Waals surface area contributed by atoms with Crippen molar-refractivity contribution >= 4 is 22.2 Å². The Labute approximate surface area is 187 Å². The second-order valence-corrected chi connectivity index (χ2v) is 9.86. The number of nitrogens with one attached hydrogen (secondary N) is 1. The molecular weight excluding hydrogens is 433 g/mol. The van der Waals surface area contributed by atoms with E-state index in [1.807, 2.05) is 6.07 Å². The van der Waals surface area contributed by atoms with E-state index in [9.17, 15) is 14.7 Å². The number of H-pyrrole nitrogens is 1. The molecular formula is C23H26FN3O4S. The number of methoxy groups -OCH3 is 1. The van der Waals surface area contributed by atoms with E-state index >= 15 is 4.39 Å². The van der Waals surface area contributed by atoms with Gasteiger partial charge in [0.1, 0.15) is 11.3 Å². The third-order valence-corrected chi connectivity index (χ3v) is 7.97. The molecule has 3 aromatic rings. The van der Waals surface area contributed by atoms with Crippen molar-refractivity contribution in [1.82, 2.24) is 9.55 Å². The van der Waals surface area contributed by atoms with Gasteiger partial charge in [-0.25, -0.2) is 9.18 Å². The Morgan fingerprint density at radius 1 is 1.38 bits per heavy atom. The van der Waals surface area contributed by atoms with Crippen molar-refractivity contribution in [3.8, 4) is 16.2 Å². The Hall–Kier alpha value is -2.49. The van der Waals surface area contributed by atoms with Crippen LogP contribution in [0.2, 0.25) is 0 Å². The minimum atomic E-state index is -0.653. The maximum atomic E-state index is 15.8. The van der Waals surface area contributed by atoms with Crippen LogP contribution in [-0.2, 0) is 6.42 Å². The summed E-state index contributed by atoms with van der Waals surface area (Å²) in [5.74, 6) is -0.417. The van der Waals surface area contributed by atoms with Crippen molar-refractivity contribution in [3.05, 3.63) is 48.7 Å². The first kappa shape index (κ1) is 21.4. The Kier molecular flexibility index (Phi) is 5.22. The Bertz CT molecular complexity index is 1340. The average Bonchev–Trinajstić information content (AvgIpc) is 3.51. The molecule has 2 unspecified atom stereocenters. The number of nitrogens with zero attached hydrogens (tertiary/aromatic N) is 1. The number of aromatic amines is 1. The summed E-state index contributed by atoms with van der Waals surface area (Å²) in [7, 11) is 1.43. The molecule has 1 fully saturated rings. The fourth-order valence-electron chi connectivity index (χ4n) is 5.01. The van der Waals surface area contributed by atoms with Crippen LogP contribution in [0.3, 0.4) is 0 Å². The van der Waals surface area contributed by atoms with Gasteiger partial charge < -0.3 is 15.6 Å². The number of thiophene rings is 1. The van der Waals surface area contributed by atoms with Crippen LogP contribution in [0.25, 0.3) is 21.3 Å². The molecule has 2 atom stereocenters. The van der Waals surface area contributed by atoms with E-state index in [0.717, 1.165) is 42.5 Å². The van der Waals surface area contributed by atoms with Gasteiger partial charge in [-0.05, 0) is 50.7 Å². The summed E-state index contributed by atoms with van der Waals surface area (Å²) >= 11 is 1.47. The zero-order valence-corrected chi connectivity index (χ0v) is 18.9. The van der Waals surface area contributed by atoms with Crippen molar-refractivity contribution in [2.45, 2.75) is 57.1 Å². The Balaban J connectivity index is 1.82.